The summed E-state index contributed by atoms with van der Waals surface area (Å²) in [5.41, 5.74) is 7.37. The Morgan fingerprint density at radius 3 is 2.84 bits per heavy atom. The van der Waals surface area contributed by atoms with Crippen LogP contribution in [0.1, 0.15) is 30.9 Å². The molecule has 2 aliphatic heterocycles. The fourth-order valence-electron chi connectivity index (χ4n) is 3.40. The van der Waals surface area contributed by atoms with Gasteiger partial charge < -0.3 is 20.7 Å². The number of benzene rings is 1. The van der Waals surface area contributed by atoms with Crippen molar-refractivity contribution in [2.75, 3.05) is 39.5 Å². The third kappa shape index (κ3) is 5.17. The minimum Gasteiger partial charge on any atom is -0.493 e. The normalized spacial score (nSPS) is 23.1. The minimum atomic E-state index is 0. The van der Waals surface area contributed by atoms with Crippen LogP contribution in [-0.4, -0.2) is 55.2 Å². The Morgan fingerprint density at radius 1 is 1.40 bits per heavy atom. The summed E-state index contributed by atoms with van der Waals surface area (Å²) in [5.74, 6) is 1.49. The highest BCUT2D eigenvalue weighted by molar-refractivity contribution is 14.0. The van der Waals surface area contributed by atoms with Gasteiger partial charge in [-0.15, -0.1) is 24.0 Å². The highest BCUT2D eigenvalue weighted by Gasteiger charge is 2.32. The van der Waals surface area contributed by atoms with Crippen molar-refractivity contribution in [3.05, 3.63) is 29.8 Å². The van der Waals surface area contributed by atoms with E-state index >= 15 is 0 Å². The Labute approximate surface area is 172 Å². The molecule has 2 heterocycles. The van der Waals surface area contributed by atoms with E-state index in [9.17, 15) is 0 Å². The van der Waals surface area contributed by atoms with Gasteiger partial charge >= 0.3 is 0 Å². The molecule has 0 aliphatic carbocycles. The van der Waals surface area contributed by atoms with Crippen molar-refractivity contribution in [1.82, 2.24) is 10.2 Å². The van der Waals surface area contributed by atoms with Gasteiger partial charge in [0, 0.05) is 16.7 Å². The number of thioether (sulfide) groups is 1. The topological polar surface area (TPSA) is 62.9 Å². The van der Waals surface area contributed by atoms with Crippen molar-refractivity contribution in [2.45, 2.75) is 30.1 Å². The molecule has 25 heavy (non-hydrogen) atoms. The van der Waals surface area contributed by atoms with Crippen molar-refractivity contribution >= 4 is 41.7 Å². The molecular weight excluding hydrogens is 447 g/mol. The summed E-state index contributed by atoms with van der Waals surface area (Å²) in [5, 5.41) is 3.39. The highest BCUT2D eigenvalue weighted by atomic mass is 127. The molecule has 0 saturated carbocycles. The highest BCUT2D eigenvalue weighted by Crippen LogP contribution is 2.35. The summed E-state index contributed by atoms with van der Waals surface area (Å²) in [6, 6.07) is 8.33. The first-order valence-corrected chi connectivity index (χ1v) is 9.86. The minimum absolute atomic E-state index is 0. The molecule has 1 aromatic rings. The van der Waals surface area contributed by atoms with E-state index in [2.05, 4.69) is 34.6 Å². The van der Waals surface area contributed by atoms with E-state index in [4.69, 9.17) is 10.5 Å². The fraction of sp³-hybridized carbons (Fsp3) is 0.611. The van der Waals surface area contributed by atoms with Crippen LogP contribution < -0.4 is 15.8 Å². The molecule has 1 saturated heterocycles. The summed E-state index contributed by atoms with van der Waals surface area (Å²) in [7, 11) is 2.19. The van der Waals surface area contributed by atoms with Gasteiger partial charge in [0.15, 0.2) is 5.96 Å². The quantitative estimate of drug-likeness (QED) is 0.398. The van der Waals surface area contributed by atoms with Crippen molar-refractivity contribution in [1.29, 1.82) is 0 Å². The number of para-hydroxylation sites is 1. The first kappa shape index (κ1) is 20.6. The molecule has 1 fully saturated rings. The smallest absolute Gasteiger partial charge is 0.189 e. The van der Waals surface area contributed by atoms with Crippen LogP contribution in [-0.2, 0) is 0 Å². The van der Waals surface area contributed by atoms with Crippen molar-refractivity contribution < 1.29 is 4.74 Å². The number of nitrogens with zero attached hydrogens (tertiary/aromatic N) is 2. The number of hydrogen-bond donors (Lipinski definition) is 2. The van der Waals surface area contributed by atoms with E-state index in [1.807, 2.05) is 30.0 Å². The van der Waals surface area contributed by atoms with Crippen LogP contribution >= 0.6 is 35.7 Å². The Hall–Kier alpha value is -0.670. The number of nitrogens with two attached hydrogens (primary N) is 1. The maximum Gasteiger partial charge on any atom is 0.189 e. The molecule has 1 atom stereocenters. The van der Waals surface area contributed by atoms with Gasteiger partial charge in [0.2, 0.25) is 0 Å². The number of nitrogens with one attached hydrogen (secondary N) is 1. The zero-order valence-electron chi connectivity index (χ0n) is 15.0. The number of fused-ring (bicyclic) bond motifs is 1. The van der Waals surface area contributed by atoms with Crippen molar-refractivity contribution in [3.8, 4) is 5.75 Å². The lowest BCUT2D eigenvalue weighted by atomic mass is 9.96. The molecule has 0 amide bonds. The van der Waals surface area contributed by atoms with E-state index in [1.165, 1.54) is 18.4 Å². The van der Waals surface area contributed by atoms with Crippen molar-refractivity contribution in [2.24, 2.45) is 10.7 Å². The van der Waals surface area contributed by atoms with Crippen LogP contribution in [0.15, 0.2) is 29.3 Å². The third-order valence-electron chi connectivity index (χ3n) is 5.15. The molecular formula is C18H29IN4OS. The second kappa shape index (κ2) is 9.32. The summed E-state index contributed by atoms with van der Waals surface area (Å²) < 4.78 is 5.93. The predicted molar refractivity (Wildman–Crippen MR) is 117 cm³/mol. The van der Waals surface area contributed by atoms with E-state index in [1.54, 1.807) is 0 Å². The Balaban J connectivity index is 0.00000225. The second-order valence-corrected chi connectivity index (χ2v) is 8.04. The van der Waals surface area contributed by atoms with Crippen LogP contribution in [0.2, 0.25) is 0 Å². The van der Waals surface area contributed by atoms with E-state index in [-0.39, 0.29) is 34.8 Å². The maximum atomic E-state index is 6.20. The lowest BCUT2D eigenvalue weighted by Crippen LogP contribution is -2.44. The average Bonchev–Trinajstić information content (AvgIpc) is 2.62. The maximum absolute atomic E-state index is 6.20. The molecule has 1 aromatic carbocycles. The van der Waals surface area contributed by atoms with Crippen LogP contribution in [0, 0.1) is 0 Å². The Morgan fingerprint density at radius 2 is 2.12 bits per heavy atom. The van der Waals surface area contributed by atoms with Gasteiger partial charge in [0.25, 0.3) is 0 Å². The predicted octanol–water partition coefficient (Wildman–Crippen LogP) is 2.86. The lowest BCUT2D eigenvalue weighted by Gasteiger charge is -2.38. The van der Waals surface area contributed by atoms with E-state index in [0.29, 0.717) is 12.6 Å². The molecule has 5 nitrogen and oxygen atoms in total. The summed E-state index contributed by atoms with van der Waals surface area (Å²) in [4.78, 5) is 7.07. The molecule has 7 heteroatoms. The summed E-state index contributed by atoms with van der Waals surface area (Å²) in [6.45, 7) is 3.77. The van der Waals surface area contributed by atoms with Gasteiger partial charge in [-0.05, 0) is 45.3 Å². The van der Waals surface area contributed by atoms with Gasteiger partial charge in [0.1, 0.15) is 5.75 Å². The molecule has 0 radical (unpaired) electrons. The van der Waals surface area contributed by atoms with Crippen LogP contribution in [0.4, 0.5) is 0 Å². The van der Waals surface area contributed by atoms with E-state index < -0.39 is 0 Å². The van der Waals surface area contributed by atoms with Crippen LogP contribution in [0.3, 0.4) is 0 Å². The Kier molecular flexibility index (Phi) is 7.69. The number of guanidine groups is 1. The molecule has 140 valence electrons. The van der Waals surface area contributed by atoms with Gasteiger partial charge in [-0.3, -0.25) is 4.99 Å². The summed E-state index contributed by atoms with van der Waals surface area (Å²) >= 11 is 1.93. The largest absolute Gasteiger partial charge is 0.493 e. The Bertz CT molecular complexity index is 590. The fourth-order valence-corrected chi connectivity index (χ4v) is 4.18. The molecule has 0 aromatic heterocycles. The van der Waals surface area contributed by atoms with Crippen LogP contribution in [0.5, 0.6) is 5.75 Å². The number of halogens is 1. The number of piperidine rings is 1. The molecule has 3 rings (SSSR count). The van der Waals surface area contributed by atoms with Gasteiger partial charge in [-0.1, -0.05) is 18.2 Å². The monoisotopic (exact) mass is 476 g/mol. The molecule has 0 bridgehead atoms. The zero-order chi connectivity index (χ0) is 17.0. The van der Waals surface area contributed by atoms with E-state index in [0.717, 1.165) is 31.8 Å². The molecule has 3 N–H and O–H groups in total. The molecule has 1 unspecified atom stereocenters. The van der Waals surface area contributed by atoms with Gasteiger partial charge in [-0.2, -0.15) is 11.8 Å². The van der Waals surface area contributed by atoms with Gasteiger partial charge in [0.05, 0.1) is 19.2 Å². The van der Waals surface area contributed by atoms with Gasteiger partial charge in [-0.25, -0.2) is 0 Å². The molecule has 2 aliphatic rings. The third-order valence-corrected chi connectivity index (χ3v) is 6.55. The summed E-state index contributed by atoms with van der Waals surface area (Å²) in [6.07, 6.45) is 5.44. The zero-order valence-corrected chi connectivity index (χ0v) is 18.2. The molecule has 0 spiro atoms. The SMILES string of the molecule is CSC1(CN=C(N)NC2CCOc3ccccc32)CCN(C)CC1.I. The second-order valence-electron chi connectivity index (χ2n) is 6.76. The number of likely N-dealkylation sites (tertiary alicyclic amines) is 1. The van der Waals surface area contributed by atoms with Crippen LogP contribution in [0.25, 0.3) is 0 Å². The number of aliphatic imine (C=N–C) groups is 1. The number of ether oxygens (including phenoxy) is 1. The number of hydrogen-bond acceptors (Lipinski definition) is 4. The lowest BCUT2D eigenvalue weighted by molar-refractivity contribution is 0.242. The first-order chi connectivity index (χ1) is 11.6. The number of rotatable bonds is 4. The first-order valence-electron chi connectivity index (χ1n) is 8.64. The van der Waals surface area contributed by atoms with Crippen molar-refractivity contribution in [3.63, 3.8) is 0 Å². The average molecular weight is 476 g/mol. The standard InChI is InChI=1S/C18H28N4OS.HI/c1-22-10-8-18(24-2,9-11-22)13-20-17(19)21-15-7-12-23-16-6-4-3-5-14(15)16;/h3-6,15H,7-13H2,1-2H3,(H3,19,20,21);1H.